The predicted molar refractivity (Wildman–Crippen MR) is 130 cm³/mol. The number of benzene rings is 2. The van der Waals surface area contributed by atoms with Crippen molar-refractivity contribution in [2.75, 3.05) is 23.8 Å². The van der Waals surface area contributed by atoms with Gasteiger partial charge in [-0.2, -0.15) is 0 Å². The van der Waals surface area contributed by atoms with Gasteiger partial charge in [0.25, 0.3) is 0 Å². The van der Waals surface area contributed by atoms with Crippen LogP contribution in [0.4, 0.5) is 11.5 Å². The molecular formula is C27H29N3O3. The van der Waals surface area contributed by atoms with E-state index in [-0.39, 0.29) is 23.7 Å². The van der Waals surface area contributed by atoms with Gasteiger partial charge in [-0.05, 0) is 78.4 Å². The van der Waals surface area contributed by atoms with Gasteiger partial charge in [-0.1, -0.05) is 25.1 Å². The standard InChI is InChI=1S/C27H29N3O3/c1-2-17-7-8-23(29-26(31)19-9-11-33-12-10-19)15-24(17)21-6-5-20-14-25(28-16-22(20)13-21)30-27(32)18-3-4-18/h5-8,13-16,18-19H,2-4,9-12H2,1H3,(H,29,31)(H,28,30,32). The van der Waals surface area contributed by atoms with Crippen molar-refractivity contribution >= 4 is 34.1 Å². The summed E-state index contributed by atoms with van der Waals surface area (Å²) in [6, 6.07) is 14.3. The van der Waals surface area contributed by atoms with E-state index < -0.39 is 0 Å². The van der Waals surface area contributed by atoms with E-state index >= 15 is 0 Å². The fourth-order valence-corrected chi connectivity index (χ4v) is 4.39. The normalized spacial score (nSPS) is 16.5. The third-order valence-electron chi connectivity index (χ3n) is 6.58. The maximum atomic E-state index is 12.7. The van der Waals surface area contributed by atoms with Crippen molar-refractivity contribution in [3.63, 3.8) is 0 Å². The Morgan fingerprint density at radius 3 is 2.42 bits per heavy atom. The molecule has 6 heteroatoms. The van der Waals surface area contributed by atoms with Crippen molar-refractivity contribution in [2.45, 2.75) is 39.0 Å². The van der Waals surface area contributed by atoms with Crippen LogP contribution in [0.5, 0.6) is 0 Å². The van der Waals surface area contributed by atoms with Crippen molar-refractivity contribution in [3.05, 3.63) is 54.2 Å². The summed E-state index contributed by atoms with van der Waals surface area (Å²) in [5.74, 6) is 0.882. The minimum atomic E-state index is 0.00870. The average Bonchev–Trinajstić information content (AvgIpc) is 3.70. The number of rotatable bonds is 6. The number of aromatic nitrogens is 1. The molecule has 1 saturated carbocycles. The molecule has 33 heavy (non-hydrogen) atoms. The molecule has 0 spiro atoms. The molecule has 170 valence electrons. The second kappa shape index (κ2) is 9.32. The molecule has 0 atom stereocenters. The van der Waals surface area contributed by atoms with E-state index in [1.807, 2.05) is 18.3 Å². The molecule has 0 radical (unpaired) electrons. The quantitative estimate of drug-likeness (QED) is 0.550. The van der Waals surface area contributed by atoms with Gasteiger partial charge in [-0.15, -0.1) is 0 Å². The summed E-state index contributed by atoms with van der Waals surface area (Å²) in [6.07, 6.45) is 6.18. The Morgan fingerprint density at radius 1 is 0.909 bits per heavy atom. The summed E-state index contributed by atoms with van der Waals surface area (Å²) in [5, 5.41) is 8.06. The van der Waals surface area contributed by atoms with E-state index in [0.717, 1.165) is 59.7 Å². The third kappa shape index (κ3) is 4.91. The van der Waals surface area contributed by atoms with Gasteiger partial charge < -0.3 is 15.4 Å². The van der Waals surface area contributed by atoms with Crippen molar-refractivity contribution in [1.82, 2.24) is 4.98 Å². The first kappa shape index (κ1) is 21.6. The highest BCUT2D eigenvalue weighted by Gasteiger charge is 2.29. The first-order valence-electron chi connectivity index (χ1n) is 11.8. The largest absolute Gasteiger partial charge is 0.381 e. The van der Waals surface area contributed by atoms with E-state index in [1.165, 1.54) is 5.56 Å². The molecule has 6 nitrogen and oxygen atoms in total. The second-order valence-electron chi connectivity index (χ2n) is 9.00. The fourth-order valence-electron chi connectivity index (χ4n) is 4.39. The number of fused-ring (bicyclic) bond motifs is 1. The van der Waals surface area contributed by atoms with Gasteiger partial charge >= 0.3 is 0 Å². The number of ether oxygens (including phenoxy) is 1. The zero-order valence-electron chi connectivity index (χ0n) is 18.9. The minimum absolute atomic E-state index is 0.00870. The fraction of sp³-hybridized carbons (Fsp3) is 0.370. The molecule has 2 fully saturated rings. The summed E-state index contributed by atoms with van der Waals surface area (Å²) in [5.41, 5.74) is 4.23. The highest BCUT2D eigenvalue weighted by Crippen LogP contribution is 2.32. The average molecular weight is 444 g/mol. The zero-order chi connectivity index (χ0) is 22.8. The zero-order valence-corrected chi connectivity index (χ0v) is 18.9. The molecule has 0 bridgehead atoms. The number of aryl methyl sites for hydroxylation is 1. The SMILES string of the molecule is CCc1ccc(NC(=O)C2CCOCC2)cc1-c1ccc2cc(NC(=O)C3CC3)ncc2c1. The number of nitrogens with one attached hydrogen (secondary N) is 2. The van der Waals surface area contributed by atoms with Crippen LogP contribution in [0.2, 0.25) is 0 Å². The Hall–Kier alpha value is -3.25. The molecule has 5 rings (SSSR count). The molecule has 2 amide bonds. The molecule has 3 aromatic rings. The molecule has 0 unspecified atom stereocenters. The van der Waals surface area contributed by atoms with Crippen LogP contribution in [-0.4, -0.2) is 30.0 Å². The van der Waals surface area contributed by atoms with E-state index in [2.05, 4.69) is 52.9 Å². The van der Waals surface area contributed by atoms with E-state index in [1.54, 1.807) is 0 Å². The van der Waals surface area contributed by atoms with Crippen LogP contribution >= 0.6 is 0 Å². The summed E-state index contributed by atoms with van der Waals surface area (Å²) >= 11 is 0. The highest BCUT2D eigenvalue weighted by atomic mass is 16.5. The monoisotopic (exact) mass is 443 g/mol. The second-order valence-corrected chi connectivity index (χ2v) is 9.00. The Morgan fingerprint density at radius 2 is 1.67 bits per heavy atom. The maximum absolute atomic E-state index is 12.7. The molecule has 1 saturated heterocycles. The number of carbonyl (C=O) groups excluding carboxylic acids is 2. The van der Waals surface area contributed by atoms with Gasteiger partial charge in [-0.3, -0.25) is 9.59 Å². The molecule has 1 aliphatic carbocycles. The van der Waals surface area contributed by atoms with Crippen molar-refractivity contribution in [3.8, 4) is 11.1 Å². The predicted octanol–water partition coefficient (Wildman–Crippen LogP) is 5.18. The number of carbonyl (C=O) groups is 2. The number of nitrogens with zero attached hydrogens (tertiary/aromatic N) is 1. The third-order valence-corrected chi connectivity index (χ3v) is 6.58. The molecule has 1 aliphatic heterocycles. The van der Waals surface area contributed by atoms with Crippen LogP contribution in [0.3, 0.4) is 0 Å². The number of anilines is 2. The van der Waals surface area contributed by atoms with Crippen LogP contribution in [0, 0.1) is 11.8 Å². The molecule has 2 N–H and O–H groups in total. The first-order chi connectivity index (χ1) is 16.1. The Labute approximate surface area is 193 Å². The van der Waals surface area contributed by atoms with Gasteiger partial charge in [0.1, 0.15) is 5.82 Å². The lowest BCUT2D eigenvalue weighted by molar-refractivity contribution is -0.122. The van der Waals surface area contributed by atoms with Crippen LogP contribution in [0.1, 0.15) is 38.2 Å². The Kier molecular flexibility index (Phi) is 6.09. The Balaban J connectivity index is 1.39. The summed E-state index contributed by atoms with van der Waals surface area (Å²) in [6.45, 7) is 3.43. The van der Waals surface area contributed by atoms with E-state index in [4.69, 9.17) is 4.74 Å². The van der Waals surface area contributed by atoms with Crippen LogP contribution in [-0.2, 0) is 20.7 Å². The summed E-state index contributed by atoms with van der Waals surface area (Å²) in [7, 11) is 0. The van der Waals surface area contributed by atoms with Gasteiger partial charge in [0.2, 0.25) is 11.8 Å². The van der Waals surface area contributed by atoms with E-state index in [0.29, 0.717) is 19.0 Å². The lowest BCUT2D eigenvalue weighted by atomic mass is 9.95. The lowest BCUT2D eigenvalue weighted by Gasteiger charge is -2.21. The van der Waals surface area contributed by atoms with Crippen LogP contribution in [0.25, 0.3) is 21.9 Å². The van der Waals surface area contributed by atoms with E-state index in [9.17, 15) is 9.59 Å². The molecular weight excluding hydrogens is 414 g/mol. The smallest absolute Gasteiger partial charge is 0.228 e. The molecule has 1 aromatic heterocycles. The highest BCUT2D eigenvalue weighted by molar-refractivity contribution is 5.96. The lowest BCUT2D eigenvalue weighted by Crippen LogP contribution is -2.28. The number of pyridine rings is 1. The van der Waals surface area contributed by atoms with Crippen molar-refractivity contribution in [2.24, 2.45) is 11.8 Å². The maximum Gasteiger partial charge on any atom is 0.228 e. The van der Waals surface area contributed by atoms with Crippen molar-refractivity contribution < 1.29 is 14.3 Å². The summed E-state index contributed by atoms with van der Waals surface area (Å²) in [4.78, 5) is 29.2. The number of amides is 2. The van der Waals surface area contributed by atoms with Crippen LogP contribution < -0.4 is 10.6 Å². The molecule has 2 aromatic carbocycles. The van der Waals surface area contributed by atoms with Crippen LogP contribution in [0.15, 0.2) is 48.7 Å². The number of hydrogen-bond donors (Lipinski definition) is 2. The summed E-state index contributed by atoms with van der Waals surface area (Å²) < 4.78 is 5.38. The van der Waals surface area contributed by atoms with Gasteiger partial charge in [0, 0.05) is 42.3 Å². The molecule has 2 aliphatic rings. The minimum Gasteiger partial charge on any atom is -0.381 e. The van der Waals surface area contributed by atoms with Gasteiger partial charge in [0.15, 0.2) is 0 Å². The molecule has 2 heterocycles. The number of hydrogen-bond acceptors (Lipinski definition) is 4. The first-order valence-corrected chi connectivity index (χ1v) is 11.8. The van der Waals surface area contributed by atoms with Crippen molar-refractivity contribution in [1.29, 1.82) is 0 Å². The topological polar surface area (TPSA) is 80.3 Å². The Bertz CT molecular complexity index is 1200. The van der Waals surface area contributed by atoms with Gasteiger partial charge in [0.05, 0.1) is 0 Å². The van der Waals surface area contributed by atoms with Gasteiger partial charge in [-0.25, -0.2) is 4.98 Å².